The number of H-pyrrole nitrogens is 1. The van der Waals surface area contributed by atoms with Crippen LogP contribution < -0.4 is 0 Å². The Kier molecular flexibility index (Phi) is 2.34. The Balaban J connectivity index is 2.58. The second kappa shape index (κ2) is 3.44. The Morgan fingerprint density at radius 1 is 1.31 bits per heavy atom. The first-order valence-electron chi connectivity index (χ1n) is 5.38. The predicted octanol–water partition coefficient (Wildman–Crippen LogP) is 3.10. The summed E-state index contributed by atoms with van der Waals surface area (Å²) in [6.07, 6.45) is 1.75. The quantitative estimate of drug-likeness (QED) is 0.744. The number of aromatic amines is 1. The van der Waals surface area contributed by atoms with Crippen LogP contribution in [0.3, 0.4) is 0 Å². The van der Waals surface area contributed by atoms with Crippen molar-refractivity contribution >= 4 is 16.7 Å². The van der Waals surface area contributed by atoms with Crippen LogP contribution in [0.25, 0.3) is 10.9 Å². The molecule has 0 radical (unpaired) electrons. The minimum Gasteiger partial charge on any atom is -0.294 e. The number of nitrogens with one attached hydrogen (secondary N) is 1. The molecule has 0 unspecified atom stereocenters. The monoisotopic (exact) mass is 216 g/mol. The number of fused-ring (bicyclic) bond motifs is 1. The maximum Gasteiger partial charge on any atom is 0.168 e. The number of carbonyl (C=O) groups excluding carboxylic acids is 1. The van der Waals surface area contributed by atoms with E-state index in [0.717, 1.165) is 22.0 Å². The van der Waals surface area contributed by atoms with E-state index < -0.39 is 0 Å². The van der Waals surface area contributed by atoms with Crippen molar-refractivity contribution in [3.8, 4) is 0 Å². The van der Waals surface area contributed by atoms with Crippen molar-refractivity contribution in [3.05, 3.63) is 29.5 Å². The lowest BCUT2D eigenvalue weighted by molar-refractivity contribution is 0.0858. The van der Waals surface area contributed by atoms with Crippen LogP contribution in [0.5, 0.6) is 0 Å². The summed E-state index contributed by atoms with van der Waals surface area (Å²) in [6, 6.07) is 3.83. The molecule has 0 aliphatic heterocycles. The third kappa shape index (κ3) is 1.73. The minimum absolute atomic E-state index is 0.165. The number of hydrogen-bond donors (Lipinski definition) is 1. The molecule has 0 saturated carbocycles. The molecule has 0 bridgehead atoms. The summed E-state index contributed by atoms with van der Waals surface area (Å²) >= 11 is 0. The van der Waals surface area contributed by atoms with Crippen molar-refractivity contribution in [2.75, 3.05) is 0 Å². The number of hydrogen-bond acceptors (Lipinski definition) is 2. The van der Waals surface area contributed by atoms with E-state index in [9.17, 15) is 4.79 Å². The molecule has 1 heterocycles. The first-order chi connectivity index (χ1) is 7.39. The average molecular weight is 216 g/mol. The molecule has 0 atom stereocenters. The normalized spacial score (nSPS) is 12.0. The Bertz CT molecular complexity index is 547. The highest BCUT2D eigenvalue weighted by Gasteiger charge is 2.23. The summed E-state index contributed by atoms with van der Waals surface area (Å²) in [6.45, 7) is 7.79. The number of nitrogens with zero attached hydrogens (tertiary/aromatic N) is 1. The third-order valence-corrected chi connectivity index (χ3v) is 2.69. The van der Waals surface area contributed by atoms with Crippen LogP contribution in [0, 0.1) is 12.3 Å². The smallest absolute Gasteiger partial charge is 0.168 e. The van der Waals surface area contributed by atoms with Gasteiger partial charge in [0.15, 0.2) is 5.78 Å². The van der Waals surface area contributed by atoms with Gasteiger partial charge in [0.05, 0.1) is 11.7 Å². The lowest BCUT2D eigenvalue weighted by Crippen LogP contribution is -2.20. The van der Waals surface area contributed by atoms with Crippen molar-refractivity contribution in [1.29, 1.82) is 0 Å². The highest BCUT2D eigenvalue weighted by Crippen LogP contribution is 2.25. The van der Waals surface area contributed by atoms with Crippen molar-refractivity contribution in [3.63, 3.8) is 0 Å². The van der Waals surface area contributed by atoms with Crippen LogP contribution in [-0.2, 0) is 0 Å². The number of Topliss-reactive ketones (excluding diaryl/α,β-unsaturated/α-hetero) is 1. The fourth-order valence-corrected chi connectivity index (χ4v) is 1.80. The molecule has 0 saturated heterocycles. The zero-order valence-corrected chi connectivity index (χ0v) is 10.1. The van der Waals surface area contributed by atoms with E-state index >= 15 is 0 Å². The summed E-state index contributed by atoms with van der Waals surface area (Å²) in [7, 11) is 0. The van der Waals surface area contributed by atoms with Crippen molar-refractivity contribution in [2.45, 2.75) is 27.7 Å². The summed E-state index contributed by atoms with van der Waals surface area (Å²) in [4.78, 5) is 12.2. The van der Waals surface area contributed by atoms with Crippen LogP contribution in [0.4, 0.5) is 0 Å². The zero-order chi connectivity index (χ0) is 11.9. The van der Waals surface area contributed by atoms with Gasteiger partial charge >= 0.3 is 0 Å². The van der Waals surface area contributed by atoms with E-state index in [-0.39, 0.29) is 11.2 Å². The maximum absolute atomic E-state index is 12.2. The second-order valence-corrected chi connectivity index (χ2v) is 5.21. The van der Waals surface area contributed by atoms with E-state index in [1.54, 1.807) is 6.20 Å². The molecular formula is C13H16N2O. The van der Waals surface area contributed by atoms with Gasteiger partial charge in [-0.25, -0.2) is 0 Å². The van der Waals surface area contributed by atoms with Gasteiger partial charge in [-0.05, 0) is 24.6 Å². The molecule has 84 valence electrons. The molecule has 0 spiro atoms. The molecule has 0 amide bonds. The predicted molar refractivity (Wildman–Crippen MR) is 64.6 cm³/mol. The summed E-state index contributed by atoms with van der Waals surface area (Å²) in [5.74, 6) is 0.165. The molecule has 16 heavy (non-hydrogen) atoms. The Morgan fingerprint density at radius 2 is 2.00 bits per heavy atom. The first-order valence-corrected chi connectivity index (χ1v) is 5.38. The van der Waals surface area contributed by atoms with Gasteiger partial charge in [0.1, 0.15) is 0 Å². The van der Waals surface area contributed by atoms with Crippen molar-refractivity contribution < 1.29 is 4.79 Å². The lowest BCUT2D eigenvalue weighted by Gasteiger charge is -2.17. The molecule has 1 N–H and O–H groups in total. The van der Waals surface area contributed by atoms with Crippen LogP contribution in [0.1, 0.15) is 36.7 Å². The third-order valence-electron chi connectivity index (χ3n) is 2.69. The van der Waals surface area contributed by atoms with Gasteiger partial charge in [-0.2, -0.15) is 5.10 Å². The Labute approximate surface area is 94.9 Å². The largest absolute Gasteiger partial charge is 0.294 e. The standard InChI is InChI=1S/C13H16N2O/c1-8-5-9(12(16)13(2,3)4)6-10-7-14-15-11(8)10/h5-7H,1-4H3,(H,14,15). The number of rotatable bonds is 1. The van der Waals surface area contributed by atoms with E-state index in [1.807, 2.05) is 39.8 Å². The molecule has 3 heteroatoms. The van der Waals surface area contributed by atoms with Gasteiger partial charge in [0.25, 0.3) is 0 Å². The number of aromatic nitrogens is 2. The van der Waals surface area contributed by atoms with E-state index in [4.69, 9.17) is 0 Å². The van der Waals surface area contributed by atoms with Crippen LogP contribution in [0.15, 0.2) is 18.3 Å². The van der Waals surface area contributed by atoms with Gasteiger partial charge in [-0.3, -0.25) is 9.89 Å². The topological polar surface area (TPSA) is 45.8 Å². The Hall–Kier alpha value is -1.64. The highest BCUT2D eigenvalue weighted by molar-refractivity contribution is 6.03. The van der Waals surface area contributed by atoms with E-state index in [1.165, 1.54) is 0 Å². The van der Waals surface area contributed by atoms with Crippen LogP contribution >= 0.6 is 0 Å². The van der Waals surface area contributed by atoms with Crippen molar-refractivity contribution in [1.82, 2.24) is 10.2 Å². The molecule has 2 rings (SSSR count). The van der Waals surface area contributed by atoms with Crippen molar-refractivity contribution in [2.24, 2.45) is 5.41 Å². The van der Waals surface area contributed by atoms with Gasteiger partial charge in [-0.1, -0.05) is 20.8 Å². The summed E-state index contributed by atoms with van der Waals surface area (Å²) in [5.41, 5.74) is 2.48. The molecule has 3 nitrogen and oxygen atoms in total. The molecule has 1 aromatic carbocycles. The minimum atomic E-state index is -0.343. The fourth-order valence-electron chi connectivity index (χ4n) is 1.80. The summed E-state index contributed by atoms with van der Waals surface area (Å²) < 4.78 is 0. The van der Waals surface area contributed by atoms with Gasteiger partial charge in [-0.15, -0.1) is 0 Å². The molecule has 0 aliphatic rings. The lowest BCUT2D eigenvalue weighted by atomic mass is 9.86. The summed E-state index contributed by atoms with van der Waals surface area (Å²) in [5, 5.41) is 7.91. The number of aryl methyl sites for hydroxylation is 1. The molecule has 1 aromatic heterocycles. The zero-order valence-electron chi connectivity index (χ0n) is 10.1. The number of ketones is 1. The van der Waals surface area contributed by atoms with E-state index in [2.05, 4.69) is 10.2 Å². The van der Waals surface area contributed by atoms with Crippen LogP contribution in [-0.4, -0.2) is 16.0 Å². The highest BCUT2D eigenvalue weighted by atomic mass is 16.1. The van der Waals surface area contributed by atoms with E-state index in [0.29, 0.717) is 0 Å². The van der Waals surface area contributed by atoms with Gasteiger partial charge in [0, 0.05) is 16.4 Å². The maximum atomic E-state index is 12.2. The SMILES string of the molecule is Cc1cc(C(=O)C(C)(C)C)cc2cn[nH]c12. The van der Waals surface area contributed by atoms with Gasteiger partial charge in [0.2, 0.25) is 0 Å². The molecule has 0 aliphatic carbocycles. The molecular weight excluding hydrogens is 200 g/mol. The molecule has 0 fully saturated rings. The fraction of sp³-hybridized carbons (Fsp3) is 0.385. The molecule has 2 aromatic rings. The average Bonchev–Trinajstić information content (AvgIpc) is 2.63. The Morgan fingerprint density at radius 3 is 2.62 bits per heavy atom. The number of carbonyl (C=O) groups is 1. The first kappa shape index (κ1) is 10.9. The van der Waals surface area contributed by atoms with Gasteiger partial charge < -0.3 is 0 Å². The number of benzene rings is 1. The second-order valence-electron chi connectivity index (χ2n) is 5.21. The van der Waals surface area contributed by atoms with Crippen LogP contribution in [0.2, 0.25) is 0 Å².